The van der Waals surface area contributed by atoms with Gasteiger partial charge in [-0.05, 0) is 42.8 Å². The maximum Gasteiger partial charge on any atom is 0.274 e. The lowest BCUT2D eigenvalue weighted by Gasteiger charge is -2.30. The number of hydrogen-bond donors (Lipinski definition) is 1. The Morgan fingerprint density at radius 3 is 2.56 bits per heavy atom. The summed E-state index contributed by atoms with van der Waals surface area (Å²) in [5.41, 5.74) is 2.41. The molecule has 4 rings (SSSR count). The molecule has 1 N–H and O–H groups in total. The Morgan fingerprint density at radius 2 is 1.68 bits per heavy atom. The average Bonchev–Trinajstić information content (AvgIpc) is 2.68. The minimum atomic E-state index is -0.166. The van der Waals surface area contributed by atoms with Crippen LogP contribution < -0.4 is 10.2 Å². The molecule has 1 aliphatic rings. The molecule has 1 fully saturated rings. The Bertz CT molecular complexity index is 895. The van der Waals surface area contributed by atoms with Crippen LogP contribution in [-0.4, -0.2) is 24.0 Å². The van der Waals surface area contributed by atoms with E-state index in [1.165, 1.54) is 19.3 Å². The van der Waals surface area contributed by atoms with E-state index in [1.807, 2.05) is 48.5 Å². The van der Waals surface area contributed by atoms with E-state index in [0.29, 0.717) is 5.69 Å². The van der Waals surface area contributed by atoms with Crippen LogP contribution in [0.1, 0.15) is 29.8 Å². The highest BCUT2D eigenvalue weighted by atomic mass is 16.1. The van der Waals surface area contributed by atoms with Gasteiger partial charge in [-0.2, -0.15) is 0 Å². The van der Waals surface area contributed by atoms with Crippen molar-refractivity contribution in [2.45, 2.75) is 19.3 Å². The van der Waals surface area contributed by atoms with Gasteiger partial charge in [-0.1, -0.05) is 36.4 Å². The van der Waals surface area contributed by atoms with Gasteiger partial charge in [0.25, 0.3) is 5.91 Å². The van der Waals surface area contributed by atoms with Gasteiger partial charge in [0.05, 0.1) is 11.4 Å². The van der Waals surface area contributed by atoms with Crippen LogP contribution >= 0.6 is 0 Å². The summed E-state index contributed by atoms with van der Waals surface area (Å²) in [5.74, 6) is -0.166. The van der Waals surface area contributed by atoms with Gasteiger partial charge >= 0.3 is 0 Å². The van der Waals surface area contributed by atoms with Crippen molar-refractivity contribution >= 4 is 28.1 Å². The zero-order chi connectivity index (χ0) is 17.1. The Morgan fingerprint density at radius 1 is 0.920 bits per heavy atom. The molecule has 0 atom stereocenters. The standard InChI is InChI=1S/C21H21N3O/c25-21(20-17-9-3-2-8-16(17)12-13-22-20)23-18-10-4-5-11-19(18)24-14-6-1-7-15-24/h2-5,8-13H,1,6-7,14-15H2,(H,23,25). The minimum Gasteiger partial charge on any atom is -0.370 e. The third-order valence-electron chi connectivity index (χ3n) is 4.74. The summed E-state index contributed by atoms with van der Waals surface area (Å²) in [7, 11) is 0. The molecule has 2 heterocycles. The van der Waals surface area contributed by atoms with Crippen LogP contribution in [0.25, 0.3) is 10.8 Å². The molecule has 1 amide bonds. The number of benzene rings is 2. The largest absolute Gasteiger partial charge is 0.370 e. The molecule has 126 valence electrons. The number of amides is 1. The van der Waals surface area contributed by atoms with Crippen LogP contribution in [0, 0.1) is 0 Å². The zero-order valence-electron chi connectivity index (χ0n) is 14.1. The van der Waals surface area contributed by atoms with E-state index in [9.17, 15) is 4.79 Å². The Kier molecular flexibility index (Phi) is 4.34. The van der Waals surface area contributed by atoms with Crippen LogP contribution in [-0.2, 0) is 0 Å². The van der Waals surface area contributed by atoms with E-state index in [1.54, 1.807) is 6.20 Å². The molecule has 3 aromatic rings. The first-order valence-corrected chi connectivity index (χ1v) is 8.82. The highest BCUT2D eigenvalue weighted by Gasteiger charge is 2.17. The number of carbonyl (C=O) groups is 1. The van der Waals surface area contributed by atoms with Crippen LogP contribution in [0.3, 0.4) is 0 Å². The number of pyridine rings is 1. The number of para-hydroxylation sites is 2. The Balaban J connectivity index is 1.65. The first-order chi connectivity index (χ1) is 12.3. The summed E-state index contributed by atoms with van der Waals surface area (Å²) in [6, 6.07) is 17.8. The van der Waals surface area contributed by atoms with Crippen LogP contribution in [0.4, 0.5) is 11.4 Å². The number of carbonyl (C=O) groups excluding carboxylic acids is 1. The summed E-state index contributed by atoms with van der Waals surface area (Å²) < 4.78 is 0. The summed E-state index contributed by atoms with van der Waals surface area (Å²) in [6.07, 6.45) is 5.37. The maximum absolute atomic E-state index is 12.9. The molecule has 25 heavy (non-hydrogen) atoms. The van der Waals surface area contributed by atoms with Crippen molar-refractivity contribution in [3.63, 3.8) is 0 Å². The van der Waals surface area contributed by atoms with Gasteiger partial charge in [0.1, 0.15) is 5.69 Å². The average molecular weight is 331 g/mol. The van der Waals surface area contributed by atoms with Crippen molar-refractivity contribution in [2.24, 2.45) is 0 Å². The lowest BCUT2D eigenvalue weighted by atomic mass is 10.1. The number of nitrogens with one attached hydrogen (secondary N) is 1. The number of fused-ring (bicyclic) bond motifs is 1. The van der Waals surface area contributed by atoms with E-state index in [2.05, 4.69) is 21.3 Å². The number of aromatic nitrogens is 1. The molecule has 2 aromatic carbocycles. The van der Waals surface area contributed by atoms with Crippen molar-refractivity contribution < 1.29 is 4.79 Å². The van der Waals surface area contributed by atoms with Gasteiger partial charge in [0.2, 0.25) is 0 Å². The second-order valence-electron chi connectivity index (χ2n) is 6.40. The molecule has 0 spiro atoms. The number of rotatable bonds is 3. The second-order valence-corrected chi connectivity index (χ2v) is 6.40. The van der Waals surface area contributed by atoms with E-state index < -0.39 is 0 Å². The smallest absolute Gasteiger partial charge is 0.274 e. The monoisotopic (exact) mass is 331 g/mol. The lowest BCUT2D eigenvalue weighted by molar-refractivity contribution is 0.102. The van der Waals surface area contributed by atoms with E-state index >= 15 is 0 Å². The third-order valence-corrected chi connectivity index (χ3v) is 4.74. The Hall–Kier alpha value is -2.88. The van der Waals surface area contributed by atoms with Crippen LogP contribution in [0.15, 0.2) is 60.8 Å². The van der Waals surface area contributed by atoms with Crippen molar-refractivity contribution in [3.8, 4) is 0 Å². The SMILES string of the molecule is O=C(Nc1ccccc1N1CCCCC1)c1nccc2ccccc12. The summed E-state index contributed by atoms with van der Waals surface area (Å²) >= 11 is 0. The highest BCUT2D eigenvalue weighted by Crippen LogP contribution is 2.29. The topological polar surface area (TPSA) is 45.2 Å². The minimum absolute atomic E-state index is 0.166. The predicted octanol–water partition coefficient (Wildman–Crippen LogP) is 4.48. The van der Waals surface area contributed by atoms with E-state index in [4.69, 9.17) is 0 Å². The normalized spacial score (nSPS) is 14.5. The first kappa shape index (κ1) is 15.6. The number of anilines is 2. The van der Waals surface area contributed by atoms with Crippen LogP contribution in [0.2, 0.25) is 0 Å². The molecule has 1 aliphatic heterocycles. The molecule has 0 saturated carbocycles. The molecule has 4 nitrogen and oxygen atoms in total. The summed E-state index contributed by atoms with van der Waals surface area (Å²) in [5, 5.41) is 4.97. The second kappa shape index (κ2) is 6.93. The Labute approximate surface area is 147 Å². The molecular formula is C21H21N3O. The fourth-order valence-electron chi connectivity index (χ4n) is 3.47. The van der Waals surface area contributed by atoms with Crippen LogP contribution in [0.5, 0.6) is 0 Å². The van der Waals surface area contributed by atoms with Crippen molar-refractivity contribution in [1.29, 1.82) is 0 Å². The van der Waals surface area contributed by atoms with Gasteiger partial charge in [-0.3, -0.25) is 9.78 Å². The van der Waals surface area contributed by atoms with Gasteiger partial charge in [-0.25, -0.2) is 0 Å². The number of piperidine rings is 1. The fourth-order valence-corrected chi connectivity index (χ4v) is 3.47. The lowest BCUT2D eigenvalue weighted by Crippen LogP contribution is -2.30. The van der Waals surface area contributed by atoms with Gasteiger partial charge in [0, 0.05) is 24.7 Å². The molecule has 0 aliphatic carbocycles. The molecule has 0 bridgehead atoms. The fraction of sp³-hybridized carbons (Fsp3) is 0.238. The molecule has 4 heteroatoms. The number of nitrogens with zero attached hydrogens (tertiary/aromatic N) is 2. The highest BCUT2D eigenvalue weighted by molar-refractivity contribution is 6.12. The zero-order valence-corrected chi connectivity index (χ0v) is 14.1. The molecule has 0 radical (unpaired) electrons. The first-order valence-electron chi connectivity index (χ1n) is 8.82. The molecule has 0 unspecified atom stereocenters. The quantitative estimate of drug-likeness (QED) is 0.770. The van der Waals surface area contributed by atoms with Crippen molar-refractivity contribution in [3.05, 3.63) is 66.5 Å². The number of hydrogen-bond acceptors (Lipinski definition) is 3. The van der Waals surface area contributed by atoms with Crippen molar-refractivity contribution in [1.82, 2.24) is 4.98 Å². The summed E-state index contributed by atoms with van der Waals surface area (Å²) in [4.78, 5) is 19.5. The van der Waals surface area contributed by atoms with E-state index in [0.717, 1.165) is 35.2 Å². The molecular weight excluding hydrogens is 310 g/mol. The molecule has 1 aromatic heterocycles. The van der Waals surface area contributed by atoms with Gasteiger partial charge < -0.3 is 10.2 Å². The van der Waals surface area contributed by atoms with Crippen molar-refractivity contribution in [2.75, 3.05) is 23.3 Å². The third kappa shape index (κ3) is 3.20. The predicted molar refractivity (Wildman–Crippen MR) is 102 cm³/mol. The van der Waals surface area contributed by atoms with E-state index in [-0.39, 0.29) is 5.91 Å². The van der Waals surface area contributed by atoms with Gasteiger partial charge in [0.15, 0.2) is 0 Å². The molecule has 1 saturated heterocycles. The summed E-state index contributed by atoms with van der Waals surface area (Å²) in [6.45, 7) is 2.08. The van der Waals surface area contributed by atoms with Gasteiger partial charge in [-0.15, -0.1) is 0 Å². The maximum atomic E-state index is 12.9.